The average molecular weight is 311 g/mol. The van der Waals surface area contributed by atoms with E-state index >= 15 is 0 Å². The minimum atomic E-state index is -0.122. The first-order valence-corrected chi connectivity index (χ1v) is 7.80. The Hall–Kier alpha value is -2.61. The van der Waals surface area contributed by atoms with Crippen molar-refractivity contribution in [3.05, 3.63) is 47.4 Å². The number of pyridine rings is 1. The van der Waals surface area contributed by atoms with Crippen LogP contribution in [-0.2, 0) is 0 Å². The molecular weight excluding hydrogens is 290 g/mol. The Morgan fingerprint density at radius 2 is 2.22 bits per heavy atom. The zero-order valence-electron chi connectivity index (χ0n) is 13.5. The number of rotatable bonds is 6. The van der Waals surface area contributed by atoms with E-state index in [2.05, 4.69) is 30.2 Å². The molecule has 1 aromatic rings. The molecule has 0 aliphatic heterocycles. The van der Waals surface area contributed by atoms with Gasteiger partial charge < -0.3 is 10.1 Å². The summed E-state index contributed by atoms with van der Waals surface area (Å²) >= 11 is 0. The Morgan fingerprint density at radius 1 is 1.39 bits per heavy atom. The van der Waals surface area contributed by atoms with Crippen LogP contribution in [0.25, 0.3) is 0 Å². The van der Waals surface area contributed by atoms with Crippen LogP contribution >= 0.6 is 0 Å². The third-order valence-corrected chi connectivity index (χ3v) is 3.50. The Morgan fingerprint density at radius 3 is 2.78 bits per heavy atom. The van der Waals surface area contributed by atoms with Crippen molar-refractivity contribution in [2.45, 2.75) is 33.1 Å². The van der Waals surface area contributed by atoms with Crippen molar-refractivity contribution >= 4 is 5.91 Å². The molecule has 0 saturated carbocycles. The molecule has 23 heavy (non-hydrogen) atoms. The van der Waals surface area contributed by atoms with Crippen molar-refractivity contribution in [1.29, 1.82) is 5.26 Å². The smallest absolute Gasteiger partial charge is 0.252 e. The van der Waals surface area contributed by atoms with Gasteiger partial charge >= 0.3 is 0 Å². The minimum absolute atomic E-state index is 0.122. The molecule has 0 aromatic carbocycles. The summed E-state index contributed by atoms with van der Waals surface area (Å²) in [5, 5.41) is 11.7. The molecule has 1 heterocycles. The molecule has 1 aromatic heterocycles. The second-order valence-electron chi connectivity index (χ2n) is 5.86. The van der Waals surface area contributed by atoms with Crippen molar-refractivity contribution in [2.24, 2.45) is 5.92 Å². The highest BCUT2D eigenvalue weighted by Crippen LogP contribution is 2.20. The molecule has 1 amide bonds. The van der Waals surface area contributed by atoms with Crippen LogP contribution in [0.3, 0.4) is 0 Å². The van der Waals surface area contributed by atoms with E-state index in [-0.39, 0.29) is 5.91 Å². The highest BCUT2D eigenvalue weighted by Gasteiger charge is 2.10. The van der Waals surface area contributed by atoms with Crippen LogP contribution in [0.1, 0.15) is 43.5 Å². The Kier molecular flexibility index (Phi) is 5.93. The summed E-state index contributed by atoms with van der Waals surface area (Å²) in [5.74, 6) is 1.65. The van der Waals surface area contributed by atoms with E-state index < -0.39 is 0 Å². The van der Waals surface area contributed by atoms with Gasteiger partial charge in [-0.3, -0.25) is 4.79 Å². The van der Waals surface area contributed by atoms with Gasteiger partial charge in [0.05, 0.1) is 11.6 Å². The summed E-state index contributed by atoms with van der Waals surface area (Å²) in [4.78, 5) is 16.1. The SMILES string of the molecule is CC(C)CCNC(=O)c1ccc(OC2=CC=C(C#N)CC2)nc1. The fourth-order valence-corrected chi connectivity index (χ4v) is 2.08. The van der Waals surface area contributed by atoms with Crippen molar-refractivity contribution in [2.75, 3.05) is 6.54 Å². The van der Waals surface area contributed by atoms with Gasteiger partial charge in [0, 0.05) is 30.8 Å². The molecule has 1 aliphatic rings. The molecule has 2 rings (SSSR count). The number of hydrogen-bond acceptors (Lipinski definition) is 4. The summed E-state index contributed by atoms with van der Waals surface area (Å²) < 4.78 is 5.66. The van der Waals surface area contributed by atoms with Gasteiger partial charge in [-0.2, -0.15) is 5.26 Å². The lowest BCUT2D eigenvalue weighted by molar-refractivity contribution is 0.0951. The Balaban J connectivity index is 1.90. The Labute approximate surface area is 136 Å². The summed E-state index contributed by atoms with van der Waals surface area (Å²) in [6.07, 6.45) is 7.37. The molecular formula is C18H21N3O2. The molecule has 0 spiro atoms. The fraction of sp³-hybridized carbons (Fsp3) is 0.389. The lowest BCUT2D eigenvalue weighted by atomic mass is 10.1. The zero-order chi connectivity index (χ0) is 16.7. The number of allylic oxidation sites excluding steroid dienone is 4. The molecule has 0 atom stereocenters. The molecule has 5 nitrogen and oxygen atoms in total. The number of nitriles is 1. The number of nitrogens with zero attached hydrogens (tertiary/aromatic N) is 2. The molecule has 0 radical (unpaired) electrons. The quantitative estimate of drug-likeness (QED) is 0.874. The fourth-order valence-electron chi connectivity index (χ4n) is 2.08. The van der Waals surface area contributed by atoms with Gasteiger partial charge in [0.15, 0.2) is 0 Å². The second-order valence-corrected chi connectivity index (χ2v) is 5.86. The van der Waals surface area contributed by atoms with Crippen LogP contribution in [-0.4, -0.2) is 17.4 Å². The van der Waals surface area contributed by atoms with Crippen LogP contribution in [0.4, 0.5) is 0 Å². The Bertz CT molecular complexity index is 652. The summed E-state index contributed by atoms with van der Waals surface area (Å²) in [6.45, 7) is 4.90. The van der Waals surface area contributed by atoms with Gasteiger partial charge in [0.1, 0.15) is 5.76 Å². The van der Waals surface area contributed by atoms with Crippen LogP contribution in [0.15, 0.2) is 41.8 Å². The summed E-state index contributed by atoms with van der Waals surface area (Å²) in [6, 6.07) is 5.52. The van der Waals surface area contributed by atoms with Crippen molar-refractivity contribution < 1.29 is 9.53 Å². The standard InChI is InChI=1S/C18H21N3O2/c1-13(2)9-10-20-18(22)15-5-8-17(21-12-15)23-16-6-3-14(11-19)4-7-16/h3,5-6,8,12-13H,4,7,9-10H2,1-2H3,(H,20,22). The number of carbonyl (C=O) groups excluding carboxylic acids is 1. The molecule has 1 aliphatic carbocycles. The van der Waals surface area contributed by atoms with E-state index in [9.17, 15) is 4.79 Å². The van der Waals surface area contributed by atoms with Gasteiger partial charge in [-0.25, -0.2) is 4.98 Å². The first-order valence-electron chi connectivity index (χ1n) is 7.80. The van der Waals surface area contributed by atoms with Crippen molar-refractivity contribution in [3.63, 3.8) is 0 Å². The molecule has 0 bridgehead atoms. The van der Waals surface area contributed by atoms with Gasteiger partial charge in [-0.15, -0.1) is 0 Å². The van der Waals surface area contributed by atoms with E-state index in [0.29, 0.717) is 36.7 Å². The third-order valence-electron chi connectivity index (χ3n) is 3.50. The third kappa shape index (κ3) is 5.26. The predicted octanol–water partition coefficient (Wildman–Crippen LogP) is 3.36. The maximum atomic E-state index is 12.0. The number of nitrogens with one attached hydrogen (secondary N) is 1. The van der Waals surface area contributed by atoms with E-state index in [1.807, 2.05) is 0 Å². The zero-order valence-corrected chi connectivity index (χ0v) is 13.5. The van der Waals surface area contributed by atoms with Crippen LogP contribution in [0.5, 0.6) is 5.88 Å². The number of carbonyl (C=O) groups is 1. The average Bonchev–Trinajstić information content (AvgIpc) is 2.56. The van der Waals surface area contributed by atoms with E-state index in [4.69, 9.17) is 10.00 Å². The van der Waals surface area contributed by atoms with Crippen LogP contribution < -0.4 is 10.1 Å². The van der Waals surface area contributed by atoms with Gasteiger partial charge in [0.25, 0.3) is 5.91 Å². The van der Waals surface area contributed by atoms with E-state index in [1.54, 1.807) is 24.3 Å². The maximum absolute atomic E-state index is 12.0. The first-order chi connectivity index (χ1) is 11.1. The highest BCUT2D eigenvalue weighted by molar-refractivity contribution is 5.93. The normalized spacial score (nSPS) is 13.8. The molecule has 0 unspecified atom stereocenters. The molecule has 0 saturated heterocycles. The first kappa shape index (κ1) is 16.8. The number of amides is 1. The topological polar surface area (TPSA) is 75.0 Å². The predicted molar refractivity (Wildman–Crippen MR) is 87.7 cm³/mol. The summed E-state index contributed by atoms with van der Waals surface area (Å²) in [7, 11) is 0. The van der Waals surface area contributed by atoms with E-state index in [0.717, 1.165) is 17.8 Å². The van der Waals surface area contributed by atoms with Gasteiger partial charge in [0.2, 0.25) is 5.88 Å². The molecule has 120 valence electrons. The monoisotopic (exact) mass is 311 g/mol. The van der Waals surface area contributed by atoms with Gasteiger partial charge in [-0.1, -0.05) is 13.8 Å². The van der Waals surface area contributed by atoms with E-state index in [1.165, 1.54) is 6.20 Å². The summed E-state index contributed by atoms with van der Waals surface area (Å²) in [5.41, 5.74) is 1.27. The minimum Gasteiger partial charge on any atom is -0.443 e. The second kappa shape index (κ2) is 8.14. The van der Waals surface area contributed by atoms with Crippen molar-refractivity contribution in [1.82, 2.24) is 10.3 Å². The number of aromatic nitrogens is 1. The van der Waals surface area contributed by atoms with Crippen LogP contribution in [0, 0.1) is 17.2 Å². The maximum Gasteiger partial charge on any atom is 0.252 e. The number of hydrogen-bond donors (Lipinski definition) is 1. The molecule has 0 fully saturated rings. The molecule has 5 heteroatoms. The molecule has 1 N–H and O–H groups in total. The van der Waals surface area contributed by atoms with Crippen LogP contribution in [0.2, 0.25) is 0 Å². The number of ether oxygens (including phenoxy) is 1. The highest BCUT2D eigenvalue weighted by atomic mass is 16.5. The van der Waals surface area contributed by atoms with Crippen molar-refractivity contribution in [3.8, 4) is 11.9 Å². The largest absolute Gasteiger partial charge is 0.443 e. The lowest BCUT2D eigenvalue weighted by Crippen LogP contribution is -2.25. The lowest BCUT2D eigenvalue weighted by Gasteiger charge is -2.12. The van der Waals surface area contributed by atoms with Gasteiger partial charge in [-0.05, 0) is 37.0 Å².